The molecule has 1 aromatic rings. The Morgan fingerprint density at radius 2 is 1.95 bits per heavy atom. The first-order valence-corrected chi connectivity index (χ1v) is 5.97. The van der Waals surface area contributed by atoms with Gasteiger partial charge in [-0.25, -0.2) is 9.18 Å². The number of benzene rings is 1. The van der Waals surface area contributed by atoms with Crippen LogP contribution in [0.25, 0.3) is 0 Å². The Hall–Kier alpha value is -2.18. The van der Waals surface area contributed by atoms with E-state index in [0.29, 0.717) is 19.2 Å². The van der Waals surface area contributed by atoms with Crippen LogP contribution in [-0.4, -0.2) is 29.1 Å². The second-order valence-corrected chi connectivity index (χ2v) is 4.43. The minimum Gasteiger partial charge on any atom is -0.478 e. The number of hydrogen-bond donors (Lipinski definition) is 1. The van der Waals surface area contributed by atoms with Crippen molar-refractivity contribution in [1.82, 2.24) is 0 Å². The Morgan fingerprint density at radius 3 is 2.47 bits per heavy atom. The Morgan fingerprint density at radius 1 is 1.32 bits per heavy atom. The fourth-order valence-corrected chi connectivity index (χ4v) is 2.25. The van der Waals surface area contributed by atoms with Crippen molar-refractivity contribution in [3.63, 3.8) is 0 Å². The van der Waals surface area contributed by atoms with Gasteiger partial charge in [-0.3, -0.25) is 10.1 Å². The number of halogens is 1. The summed E-state index contributed by atoms with van der Waals surface area (Å²) >= 11 is 0. The minimum absolute atomic E-state index is 0.184. The van der Waals surface area contributed by atoms with Gasteiger partial charge in [-0.15, -0.1) is 0 Å². The molecule has 0 amide bonds. The van der Waals surface area contributed by atoms with E-state index in [1.165, 1.54) is 0 Å². The molecular formula is C12H13FN2O4. The molecule has 1 fully saturated rings. The van der Waals surface area contributed by atoms with E-state index in [2.05, 4.69) is 0 Å². The van der Waals surface area contributed by atoms with Gasteiger partial charge in [0.25, 0.3) is 5.69 Å². The van der Waals surface area contributed by atoms with Crippen molar-refractivity contribution < 1.29 is 19.2 Å². The highest BCUT2D eigenvalue weighted by molar-refractivity contribution is 5.90. The van der Waals surface area contributed by atoms with Crippen LogP contribution in [0.4, 0.5) is 15.8 Å². The molecule has 1 aliphatic heterocycles. The fourth-order valence-electron chi connectivity index (χ4n) is 2.25. The molecule has 1 aliphatic rings. The van der Waals surface area contributed by atoms with E-state index < -0.39 is 22.3 Å². The lowest BCUT2D eigenvalue weighted by molar-refractivity contribution is -0.384. The van der Waals surface area contributed by atoms with E-state index in [4.69, 9.17) is 5.11 Å². The number of carboxylic acid groups (broad SMARTS) is 1. The van der Waals surface area contributed by atoms with E-state index in [0.717, 1.165) is 25.3 Å². The average molecular weight is 268 g/mol. The molecule has 6 nitrogen and oxygen atoms in total. The molecule has 0 bridgehead atoms. The number of carbonyl (C=O) groups is 1. The zero-order valence-corrected chi connectivity index (χ0v) is 10.1. The number of piperidine rings is 1. The summed E-state index contributed by atoms with van der Waals surface area (Å²) in [5.41, 5.74) is -0.737. The second-order valence-electron chi connectivity index (χ2n) is 4.43. The van der Waals surface area contributed by atoms with Crippen LogP contribution in [0.2, 0.25) is 0 Å². The molecule has 0 saturated carbocycles. The summed E-state index contributed by atoms with van der Waals surface area (Å²) in [5.74, 6) is -2.51. The molecule has 0 spiro atoms. The second kappa shape index (κ2) is 5.21. The molecule has 0 aliphatic carbocycles. The standard InChI is InChI=1S/C12H13FN2O4/c13-9-7-11(15(18)19)10(6-8(9)12(16)17)14-4-2-1-3-5-14/h6-7H,1-5H2,(H,16,17). The Bertz CT molecular complexity index is 527. The third kappa shape index (κ3) is 2.64. The van der Waals surface area contributed by atoms with Gasteiger partial charge in [0.1, 0.15) is 11.5 Å². The van der Waals surface area contributed by atoms with Gasteiger partial charge in [0, 0.05) is 13.1 Å². The zero-order chi connectivity index (χ0) is 14.0. The molecule has 0 radical (unpaired) electrons. The van der Waals surface area contributed by atoms with Gasteiger partial charge in [-0.2, -0.15) is 0 Å². The molecular weight excluding hydrogens is 255 g/mol. The highest BCUT2D eigenvalue weighted by Gasteiger charge is 2.25. The van der Waals surface area contributed by atoms with E-state index in [-0.39, 0.29) is 11.4 Å². The van der Waals surface area contributed by atoms with Gasteiger partial charge in [0.2, 0.25) is 0 Å². The van der Waals surface area contributed by atoms with Crippen molar-refractivity contribution >= 4 is 17.3 Å². The lowest BCUT2D eigenvalue weighted by atomic mass is 10.1. The molecule has 0 atom stereocenters. The van der Waals surface area contributed by atoms with Gasteiger partial charge in [0.05, 0.1) is 16.6 Å². The van der Waals surface area contributed by atoms with Crippen LogP contribution in [0, 0.1) is 15.9 Å². The molecule has 19 heavy (non-hydrogen) atoms. The lowest BCUT2D eigenvalue weighted by Crippen LogP contribution is -2.30. The fraction of sp³-hybridized carbons (Fsp3) is 0.417. The van der Waals surface area contributed by atoms with Crippen LogP contribution in [0.1, 0.15) is 29.6 Å². The molecule has 1 N–H and O–H groups in total. The third-order valence-electron chi connectivity index (χ3n) is 3.19. The summed E-state index contributed by atoms with van der Waals surface area (Å²) in [6, 6.07) is 1.74. The van der Waals surface area contributed by atoms with Crippen molar-refractivity contribution in [2.75, 3.05) is 18.0 Å². The SMILES string of the molecule is O=C(O)c1cc(N2CCCCC2)c([N+](=O)[O-])cc1F. The van der Waals surface area contributed by atoms with Crippen molar-refractivity contribution in [2.45, 2.75) is 19.3 Å². The Labute approximate surface area is 108 Å². The van der Waals surface area contributed by atoms with Crippen molar-refractivity contribution in [3.05, 3.63) is 33.6 Å². The molecule has 1 aromatic carbocycles. The predicted molar refractivity (Wildman–Crippen MR) is 66.1 cm³/mol. The number of nitro groups is 1. The number of nitro benzene ring substituents is 1. The molecule has 1 saturated heterocycles. The van der Waals surface area contributed by atoms with Crippen molar-refractivity contribution in [3.8, 4) is 0 Å². The number of hydrogen-bond acceptors (Lipinski definition) is 4. The maximum Gasteiger partial charge on any atom is 0.338 e. The number of aromatic carboxylic acids is 1. The number of carboxylic acids is 1. The van der Waals surface area contributed by atoms with Crippen LogP contribution in [0.15, 0.2) is 12.1 Å². The molecule has 0 aromatic heterocycles. The van der Waals surface area contributed by atoms with Gasteiger partial charge in [0.15, 0.2) is 0 Å². The van der Waals surface area contributed by atoms with E-state index in [1.807, 2.05) is 0 Å². The first-order chi connectivity index (χ1) is 9.00. The van der Waals surface area contributed by atoms with Gasteiger partial charge in [-0.05, 0) is 25.3 Å². The van der Waals surface area contributed by atoms with Crippen molar-refractivity contribution in [1.29, 1.82) is 0 Å². The number of rotatable bonds is 3. The predicted octanol–water partition coefficient (Wildman–Crippen LogP) is 2.42. The summed E-state index contributed by atoms with van der Waals surface area (Å²) < 4.78 is 13.5. The van der Waals surface area contributed by atoms with Crippen LogP contribution in [-0.2, 0) is 0 Å². The van der Waals surface area contributed by atoms with Gasteiger partial charge in [-0.1, -0.05) is 0 Å². The maximum atomic E-state index is 13.5. The smallest absolute Gasteiger partial charge is 0.338 e. The zero-order valence-electron chi connectivity index (χ0n) is 10.1. The summed E-state index contributed by atoms with van der Waals surface area (Å²) in [6.07, 6.45) is 2.81. The quantitative estimate of drug-likeness (QED) is 0.672. The summed E-state index contributed by atoms with van der Waals surface area (Å²) in [5, 5.41) is 19.9. The summed E-state index contributed by atoms with van der Waals surface area (Å²) in [6.45, 7) is 1.23. The van der Waals surface area contributed by atoms with Crippen molar-refractivity contribution in [2.24, 2.45) is 0 Å². The van der Waals surface area contributed by atoms with Crippen LogP contribution >= 0.6 is 0 Å². The maximum absolute atomic E-state index is 13.5. The van der Waals surface area contributed by atoms with E-state index >= 15 is 0 Å². The molecule has 7 heteroatoms. The summed E-state index contributed by atoms with van der Waals surface area (Å²) in [7, 11) is 0. The van der Waals surface area contributed by atoms with Crippen LogP contribution in [0.5, 0.6) is 0 Å². The van der Waals surface area contributed by atoms with E-state index in [9.17, 15) is 19.3 Å². The van der Waals surface area contributed by atoms with Gasteiger partial charge >= 0.3 is 5.97 Å². The number of anilines is 1. The van der Waals surface area contributed by atoms with Crippen LogP contribution in [0.3, 0.4) is 0 Å². The highest BCUT2D eigenvalue weighted by Crippen LogP contribution is 2.32. The topological polar surface area (TPSA) is 83.7 Å². The normalized spacial score (nSPS) is 15.3. The van der Waals surface area contributed by atoms with Gasteiger partial charge < -0.3 is 10.0 Å². The number of nitrogens with zero attached hydrogens (tertiary/aromatic N) is 2. The lowest BCUT2D eigenvalue weighted by Gasteiger charge is -2.28. The van der Waals surface area contributed by atoms with E-state index in [1.54, 1.807) is 4.90 Å². The molecule has 102 valence electrons. The molecule has 0 unspecified atom stereocenters. The van der Waals surface area contributed by atoms with Crippen LogP contribution < -0.4 is 4.90 Å². The Kier molecular flexibility index (Phi) is 3.64. The first-order valence-electron chi connectivity index (χ1n) is 5.97. The average Bonchev–Trinajstić information content (AvgIpc) is 2.38. The minimum atomic E-state index is -1.43. The molecule has 1 heterocycles. The monoisotopic (exact) mass is 268 g/mol. The Balaban J connectivity index is 2.51. The largest absolute Gasteiger partial charge is 0.478 e. The molecule has 2 rings (SSSR count). The third-order valence-corrected chi connectivity index (χ3v) is 3.19. The first kappa shape index (κ1) is 13.3. The highest BCUT2D eigenvalue weighted by atomic mass is 19.1. The summed E-state index contributed by atoms with van der Waals surface area (Å²) in [4.78, 5) is 22.9.